The zero-order chi connectivity index (χ0) is 11.2. The summed E-state index contributed by atoms with van der Waals surface area (Å²) in [7, 11) is 1.98. The Kier molecular flexibility index (Phi) is 2.62. The van der Waals surface area contributed by atoms with Gasteiger partial charge in [0.15, 0.2) is 5.82 Å². The molecule has 0 fully saturated rings. The van der Waals surface area contributed by atoms with Crippen LogP contribution < -0.4 is 0 Å². The Morgan fingerprint density at radius 3 is 2.07 bits per heavy atom. The Balaban J connectivity index is 2.69. The van der Waals surface area contributed by atoms with Crippen molar-refractivity contribution in [1.82, 2.24) is 14.3 Å². The van der Waals surface area contributed by atoms with E-state index < -0.39 is 0 Å². The lowest BCUT2D eigenvalue weighted by Gasteiger charge is -2.06. The predicted molar refractivity (Wildman–Crippen MR) is 69.5 cm³/mol. The third-order valence-electron chi connectivity index (χ3n) is 2.66. The van der Waals surface area contributed by atoms with Crippen molar-refractivity contribution in [2.24, 2.45) is 7.05 Å². The first-order valence-corrected chi connectivity index (χ1v) is 5.94. The summed E-state index contributed by atoms with van der Waals surface area (Å²) in [5.41, 5.74) is 3.69. The molecule has 2 aromatic rings. The first-order chi connectivity index (χ1) is 7.02. The summed E-state index contributed by atoms with van der Waals surface area (Å²) in [6, 6.07) is 4.24. The quantitative estimate of drug-likeness (QED) is 0.742. The summed E-state index contributed by atoms with van der Waals surface area (Å²) in [6.07, 6.45) is 0. The Morgan fingerprint density at radius 1 is 1.13 bits per heavy atom. The van der Waals surface area contributed by atoms with E-state index in [1.165, 1.54) is 20.7 Å². The van der Waals surface area contributed by atoms with Gasteiger partial charge in [-0.3, -0.25) is 4.68 Å². The second-order valence-corrected chi connectivity index (χ2v) is 4.84. The van der Waals surface area contributed by atoms with Crippen LogP contribution in [-0.4, -0.2) is 14.3 Å². The van der Waals surface area contributed by atoms with E-state index in [0.717, 1.165) is 5.82 Å². The minimum atomic E-state index is 1.04. The molecule has 2 rings (SSSR count). The Hall–Kier alpha value is -0.780. The first-order valence-electron chi connectivity index (χ1n) is 4.86. The monoisotopic (exact) mass is 315 g/mol. The molecule has 0 aromatic carbocycles. The number of rotatable bonds is 1. The highest BCUT2D eigenvalue weighted by molar-refractivity contribution is 14.1. The van der Waals surface area contributed by atoms with Crippen LogP contribution >= 0.6 is 22.6 Å². The van der Waals surface area contributed by atoms with Crippen molar-refractivity contribution >= 4 is 22.6 Å². The number of aromatic nitrogens is 3. The fraction of sp³-hybridized carbons (Fsp3) is 0.364. The van der Waals surface area contributed by atoms with Crippen LogP contribution in [0.4, 0.5) is 0 Å². The topological polar surface area (TPSA) is 22.8 Å². The molecule has 0 N–H and O–H groups in total. The summed E-state index contributed by atoms with van der Waals surface area (Å²) in [5.74, 6) is 1.04. The van der Waals surface area contributed by atoms with E-state index in [2.05, 4.69) is 65.2 Å². The van der Waals surface area contributed by atoms with Crippen LogP contribution in [0.3, 0.4) is 0 Å². The molecule has 0 atom stereocenters. The maximum Gasteiger partial charge on any atom is 0.163 e. The molecule has 0 unspecified atom stereocenters. The Bertz CT molecular complexity index is 489. The van der Waals surface area contributed by atoms with Gasteiger partial charge in [-0.2, -0.15) is 5.10 Å². The van der Waals surface area contributed by atoms with Gasteiger partial charge in [-0.25, -0.2) is 0 Å². The van der Waals surface area contributed by atoms with E-state index in [1.807, 2.05) is 11.7 Å². The SMILES string of the molecule is Cc1c(-n2c(C)ccc2C)nn(C)c1I. The molecule has 0 saturated heterocycles. The molecular formula is C11H14IN3. The van der Waals surface area contributed by atoms with Crippen LogP contribution in [0.5, 0.6) is 0 Å². The average molecular weight is 315 g/mol. The molecule has 3 nitrogen and oxygen atoms in total. The highest BCUT2D eigenvalue weighted by atomic mass is 127. The fourth-order valence-corrected chi connectivity index (χ4v) is 2.16. The standard InChI is InChI=1S/C11H14IN3/c1-7-5-6-8(2)15(7)11-9(3)10(12)14(4)13-11/h5-6H,1-4H3. The van der Waals surface area contributed by atoms with Gasteiger partial charge in [0.05, 0.1) is 0 Å². The van der Waals surface area contributed by atoms with Gasteiger partial charge in [-0.1, -0.05) is 0 Å². The minimum absolute atomic E-state index is 1.04. The largest absolute Gasteiger partial charge is 0.301 e. The van der Waals surface area contributed by atoms with Gasteiger partial charge < -0.3 is 4.57 Å². The molecule has 0 spiro atoms. The molecule has 0 aliphatic heterocycles. The molecule has 0 aliphatic carbocycles. The van der Waals surface area contributed by atoms with Crippen molar-refractivity contribution in [3.8, 4) is 5.82 Å². The molecule has 2 aromatic heterocycles. The van der Waals surface area contributed by atoms with E-state index in [4.69, 9.17) is 0 Å². The van der Waals surface area contributed by atoms with Gasteiger partial charge in [0.2, 0.25) is 0 Å². The zero-order valence-corrected chi connectivity index (χ0v) is 11.5. The van der Waals surface area contributed by atoms with Crippen LogP contribution in [0.2, 0.25) is 0 Å². The van der Waals surface area contributed by atoms with Crippen LogP contribution in [0, 0.1) is 24.5 Å². The third kappa shape index (κ3) is 1.60. The van der Waals surface area contributed by atoms with E-state index in [9.17, 15) is 0 Å². The molecule has 0 saturated carbocycles. The summed E-state index contributed by atoms with van der Waals surface area (Å²) < 4.78 is 5.30. The summed E-state index contributed by atoms with van der Waals surface area (Å²) in [6.45, 7) is 6.32. The van der Waals surface area contributed by atoms with Crippen molar-refractivity contribution in [2.45, 2.75) is 20.8 Å². The third-order valence-corrected chi connectivity index (χ3v) is 4.16. The molecule has 15 heavy (non-hydrogen) atoms. The maximum absolute atomic E-state index is 4.55. The van der Waals surface area contributed by atoms with Crippen molar-refractivity contribution in [2.75, 3.05) is 0 Å². The lowest BCUT2D eigenvalue weighted by atomic mass is 10.3. The van der Waals surface area contributed by atoms with Crippen molar-refractivity contribution in [3.05, 3.63) is 32.8 Å². The highest BCUT2D eigenvalue weighted by Crippen LogP contribution is 2.21. The maximum atomic E-state index is 4.55. The van der Waals surface area contributed by atoms with Gasteiger partial charge in [0, 0.05) is 24.0 Å². The van der Waals surface area contributed by atoms with Crippen molar-refractivity contribution in [3.63, 3.8) is 0 Å². The molecule has 80 valence electrons. The molecular weight excluding hydrogens is 301 g/mol. The van der Waals surface area contributed by atoms with Gasteiger partial charge in [-0.15, -0.1) is 0 Å². The number of hydrogen-bond acceptors (Lipinski definition) is 1. The first kappa shape index (κ1) is 10.7. The van der Waals surface area contributed by atoms with Crippen LogP contribution in [-0.2, 0) is 7.05 Å². The number of aryl methyl sites for hydroxylation is 3. The molecule has 2 heterocycles. The van der Waals surface area contributed by atoms with Gasteiger partial charge in [0.1, 0.15) is 3.70 Å². The molecule has 0 aliphatic rings. The van der Waals surface area contributed by atoms with Crippen molar-refractivity contribution in [1.29, 1.82) is 0 Å². The van der Waals surface area contributed by atoms with Gasteiger partial charge >= 0.3 is 0 Å². The molecule has 0 bridgehead atoms. The fourth-order valence-electron chi connectivity index (χ4n) is 1.81. The summed E-state index contributed by atoms with van der Waals surface area (Å²) in [4.78, 5) is 0. The number of hydrogen-bond donors (Lipinski definition) is 0. The van der Waals surface area contributed by atoms with Gasteiger partial charge in [-0.05, 0) is 55.5 Å². The zero-order valence-electron chi connectivity index (χ0n) is 9.37. The lowest BCUT2D eigenvalue weighted by molar-refractivity contribution is 0.729. The van der Waals surface area contributed by atoms with Crippen molar-refractivity contribution < 1.29 is 0 Å². The average Bonchev–Trinajstić information content (AvgIpc) is 2.63. The minimum Gasteiger partial charge on any atom is -0.301 e. The Morgan fingerprint density at radius 2 is 1.67 bits per heavy atom. The molecule has 0 amide bonds. The van der Waals surface area contributed by atoms with E-state index in [-0.39, 0.29) is 0 Å². The van der Waals surface area contributed by atoms with E-state index >= 15 is 0 Å². The highest BCUT2D eigenvalue weighted by Gasteiger charge is 2.13. The summed E-state index contributed by atoms with van der Waals surface area (Å²) >= 11 is 2.33. The number of halogens is 1. The number of nitrogens with zero attached hydrogens (tertiary/aromatic N) is 3. The van der Waals surface area contributed by atoms with Crippen LogP contribution in [0.1, 0.15) is 17.0 Å². The van der Waals surface area contributed by atoms with Gasteiger partial charge in [0.25, 0.3) is 0 Å². The second kappa shape index (κ2) is 3.66. The van der Waals surface area contributed by atoms with Crippen LogP contribution in [0.25, 0.3) is 5.82 Å². The Labute approximate surface area is 103 Å². The second-order valence-electron chi connectivity index (χ2n) is 3.81. The summed E-state index contributed by atoms with van der Waals surface area (Å²) in [5, 5.41) is 4.55. The van der Waals surface area contributed by atoms with Crippen LogP contribution in [0.15, 0.2) is 12.1 Å². The smallest absolute Gasteiger partial charge is 0.163 e. The van der Waals surface area contributed by atoms with E-state index in [1.54, 1.807) is 0 Å². The molecule has 0 radical (unpaired) electrons. The van der Waals surface area contributed by atoms with E-state index in [0.29, 0.717) is 0 Å². The predicted octanol–water partition coefficient (Wildman–Crippen LogP) is 2.74. The molecule has 4 heteroatoms. The normalized spacial score (nSPS) is 11.0. The lowest BCUT2D eigenvalue weighted by Crippen LogP contribution is -2.01.